The molecule has 4 nitrogen and oxygen atoms in total. The molecule has 0 aliphatic carbocycles. The number of aliphatic hydroxyl groups is 1. The Bertz CT molecular complexity index is 426. The van der Waals surface area contributed by atoms with Gasteiger partial charge in [-0.15, -0.1) is 0 Å². The Hall–Kier alpha value is -0.690. The molecular formula is C12H16INO3. The lowest BCUT2D eigenvalue weighted by Gasteiger charge is -2.26. The number of non-ortho nitro benzene ring substituents is 1. The van der Waals surface area contributed by atoms with Gasteiger partial charge >= 0.3 is 0 Å². The van der Waals surface area contributed by atoms with Gasteiger partial charge in [0.2, 0.25) is 0 Å². The highest BCUT2D eigenvalue weighted by molar-refractivity contribution is 14.1. The Labute approximate surface area is 114 Å². The second-order valence-corrected chi connectivity index (χ2v) is 6.28. The minimum Gasteiger partial charge on any atom is -0.392 e. The van der Waals surface area contributed by atoms with Crippen molar-refractivity contribution < 1.29 is 10.0 Å². The van der Waals surface area contributed by atoms with E-state index >= 15 is 0 Å². The van der Waals surface area contributed by atoms with Crippen LogP contribution >= 0.6 is 22.6 Å². The smallest absolute Gasteiger partial charge is 0.270 e. The molecule has 17 heavy (non-hydrogen) atoms. The largest absolute Gasteiger partial charge is 0.392 e. The van der Waals surface area contributed by atoms with Crippen molar-refractivity contribution in [1.82, 2.24) is 0 Å². The SMILES string of the molecule is CC(C)(C)C(O)Cc1ccc([N+](=O)[O-])cc1I. The lowest BCUT2D eigenvalue weighted by molar-refractivity contribution is -0.385. The Kier molecular flexibility index (Phi) is 4.48. The average Bonchev–Trinajstić information content (AvgIpc) is 2.19. The topological polar surface area (TPSA) is 63.4 Å². The quantitative estimate of drug-likeness (QED) is 0.518. The number of hydrogen-bond acceptors (Lipinski definition) is 3. The predicted molar refractivity (Wildman–Crippen MR) is 75.0 cm³/mol. The molecule has 0 fully saturated rings. The highest BCUT2D eigenvalue weighted by Crippen LogP contribution is 2.26. The van der Waals surface area contributed by atoms with E-state index in [0.717, 1.165) is 9.13 Å². The average molecular weight is 349 g/mol. The number of aliphatic hydroxyl groups excluding tert-OH is 1. The van der Waals surface area contributed by atoms with Gasteiger partial charge < -0.3 is 5.11 Å². The van der Waals surface area contributed by atoms with E-state index in [9.17, 15) is 15.2 Å². The number of halogens is 1. The van der Waals surface area contributed by atoms with Crippen LogP contribution in [0.25, 0.3) is 0 Å². The number of rotatable bonds is 3. The number of nitro groups is 1. The zero-order valence-corrected chi connectivity index (χ0v) is 12.3. The first-order chi connectivity index (χ1) is 7.71. The lowest BCUT2D eigenvalue weighted by atomic mass is 9.85. The van der Waals surface area contributed by atoms with Gasteiger partial charge in [0.25, 0.3) is 5.69 Å². The van der Waals surface area contributed by atoms with Gasteiger partial charge in [0.05, 0.1) is 11.0 Å². The second kappa shape index (κ2) is 5.30. The van der Waals surface area contributed by atoms with Crippen molar-refractivity contribution in [3.8, 4) is 0 Å². The molecule has 0 bridgehead atoms. The minimum absolute atomic E-state index is 0.0865. The van der Waals surface area contributed by atoms with Crippen molar-refractivity contribution in [2.75, 3.05) is 0 Å². The summed E-state index contributed by atoms with van der Waals surface area (Å²) in [6.45, 7) is 5.90. The maximum Gasteiger partial charge on any atom is 0.270 e. The molecule has 1 N–H and O–H groups in total. The van der Waals surface area contributed by atoms with E-state index in [1.54, 1.807) is 6.07 Å². The summed E-state index contributed by atoms with van der Waals surface area (Å²) in [6.07, 6.45) is 0.0530. The first-order valence-electron chi connectivity index (χ1n) is 5.32. The Morgan fingerprint density at radius 3 is 2.47 bits per heavy atom. The molecule has 0 aliphatic rings. The highest BCUT2D eigenvalue weighted by atomic mass is 127. The van der Waals surface area contributed by atoms with Crippen molar-refractivity contribution in [3.05, 3.63) is 37.4 Å². The molecule has 94 valence electrons. The summed E-state index contributed by atoms with van der Waals surface area (Å²) in [5.41, 5.74) is 0.840. The molecular weight excluding hydrogens is 333 g/mol. The van der Waals surface area contributed by atoms with Gasteiger partial charge in [-0.3, -0.25) is 10.1 Å². The summed E-state index contributed by atoms with van der Waals surface area (Å²) in [5, 5.41) is 20.6. The third-order valence-electron chi connectivity index (χ3n) is 2.66. The molecule has 1 rings (SSSR count). The first kappa shape index (κ1) is 14.4. The van der Waals surface area contributed by atoms with Crippen LogP contribution in [0.5, 0.6) is 0 Å². The number of benzene rings is 1. The Balaban J connectivity index is 2.90. The van der Waals surface area contributed by atoms with Crippen LogP contribution in [-0.2, 0) is 6.42 Å². The zero-order chi connectivity index (χ0) is 13.2. The third kappa shape index (κ3) is 3.92. The van der Waals surface area contributed by atoms with Gasteiger partial charge in [-0.1, -0.05) is 26.8 Å². The Morgan fingerprint density at radius 1 is 1.47 bits per heavy atom. The fourth-order valence-electron chi connectivity index (χ4n) is 1.33. The van der Waals surface area contributed by atoms with E-state index in [1.165, 1.54) is 12.1 Å². The third-order valence-corrected chi connectivity index (χ3v) is 3.66. The molecule has 0 spiro atoms. The van der Waals surface area contributed by atoms with Crippen molar-refractivity contribution >= 4 is 28.3 Å². The number of nitro benzene ring substituents is 1. The second-order valence-electron chi connectivity index (χ2n) is 5.12. The molecule has 0 aromatic heterocycles. The van der Waals surface area contributed by atoms with Crippen molar-refractivity contribution in [2.45, 2.75) is 33.3 Å². The normalized spacial score (nSPS) is 13.5. The van der Waals surface area contributed by atoms with E-state index < -0.39 is 11.0 Å². The summed E-state index contributed by atoms with van der Waals surface area (Å²) in [7, 11) is 0. The monoisotopic (exact) mass is 349 g/mol. The molecule has 0 saturated carbocycles. The van der Waals surface area contributed by atoms with Gasteiger partial charge in [-0.25, -0.2) is 0 Å². The molecule has 0 aliphatic heterocycles. The van der Waals surface area contributed by atoms with Crippen LogP contribution in [0, 0.1) is 19.1 Å². The molecule has 0 heterocycles. The minimum atomic E-state index is -0.461. The van der Waals surface area contributed by atoms with Gasteiger partial charge in [-0.05, 0) is 40.0 Å². The molecule has 1 unspecified atom stereocenters. The Morgan fingerprint density at radius 2 is 2.06 bits per heavy atom. The van der Waals surface area contributed by atoms with Crippen molar-refractivity contribution in [3.63, 3.8) is 0 Å². The van der Waals surface area contributed by atoms with Crippen molar-refractivity contribution in [2.24, 2.45) is 5.41 Å². The van der Waals surface area contributed by atoms with Crippen LogP contribution in [0.3, 0.4) is 0 Å². The first-order valence-corrected chi connectivity index (χ1v) is 6.40. The molecule has 0 saturated heterocycles. The predicted octanol–water partition coefficient (Wildman–Crippen LogP) is 3.15. The van der Waals surface area contributed by atoms with E-state index in [4.69, 9.17) is 0 Å². The van der Waals surface area contributed by atoms with E-state index in [2.05, 4.69) is 22.6 Å². The van der Waals surface area contributed by atoms with Crippen LogP contribution in [-0.4, -0.2) is 16.1 Å². The van der Waals surface area contributed by atoms with Crippen LogP contribution in [0.2, 0.25) is 0 Å². The van der Waals surface area contributed by atoms with Gasteiger partial charge in [0, 0.05) is 15.7 Å². The van der Waals surface area contributed by atoms with Crippen LogP contribution in [0.15, 0.2) is 18.2 Å². The summed E-state index contributed by atoms with van der Waals surface area (Å²) < 4.78 is 0.820. The van der Waals surface area contributed by atoms with Crippen molar-refractivity contribution in [1.29, 1.82) is 0 Å². The van der Waals surface area contributed by atoms with E-state index in [-0.39, 0.29) is 11.1 Å². The lowest BCUT2D eigenvalue weighted by Crippen LogP contribution is -2.28. The standard InChI is InChI=1S/C12H16INO3/c1-12(2,3)11(15)6-8-4-5-9(14(16)17)7-10(8)13/h4-5,7,11,15H,6H2,1-3H3. The summed E-state index contributed by atoms with van der Waals surface area (Å²) in [5.74, 6) is 0. The van der Waals surface area contributed by atoms with E-state index in [1.807, 2.05) is 20.8 Å². The van der Waals surface area contributed by atoms with Crippen LogP contribution < -0.4 is 0 Å². The number of nitrogens with zero attached hydrogens (tertiary/aromatic N) is 1. The fraction of sp³-hybridized carbons (Fsp3) is 0.500. The molecule has 0 radical (unpaired) electrons. The molecule has 1 aromatic rings. The fourth-order valence-corrected chi connectivity index (χ4v) is 2.05. The maximum atomic E-state index is 10.6. The summed E-state index contributed by atoms with van der Waals surface area (Å²) >= 11 is 2.07. The van der Waals surface area contributed by atoms with Crippen LogP contribution in [0.1, 0.15) is 26.3 Å². The highest BCUT2D eigenvalue weighted by Gasteiger charge is 2.23. The van der Waals surface area contributed by atoms with Gasteiger partial charge in [0.1, 0.15) is 0 Å². The zero-order valence-electron chi connectivity index (χ0n) is 10.1. The van der Waals surface area contributed by atoms with Gasteiger partial charge in [-0.2, -0.15) is 0 Å². The number of hydrogen-bond donors (Lipinski definition) is 1. The summed E-state index contributed by atoms with van der Waals surface area (Å²) in [6, 6.07) is 4.73. The molecule has 0 amide bonds. The van der Waals surface area contributed by atoms with E-state index in [0.29, 0.717) is 6.42 Å². The van der Waals surface area contributed by atoms with Crippen LogP contribution in [0.4, 0.5) is 5.69 Å². The maximum absolute atomic E-state index is 10.6. The molecule has 1 aromatic carbocycles. The van der Waals surface area contributed by atoms with Gasteiger partial charge in [0.15, 0.2) is 0 Å². The molecule has 1 atom stereocenters. The summed E-state index contributed by atoms with van der Waals surface area (Å²) in [4.78, 5) is 10.2. The molecule has 5 heteroatoms.